The number of halogens is 4. The molecule has 3 aliphatic carbocycles. The summed E-state index contributed by atoms with van der Waals surface area (Å²) in [7, 11) is 0. The molecule has 292 valence electrons. The zero-order valence-electron chi connectivity index (χ0n) is 30.8. The number of ether oxygens (including phenoxy) is 2. The fourth-order valence-corrected chi connectivity index (χ4v) is 10.1. The number of carboxylic acid groups (broad SMARTS) is 1. The van der Waals surface area contributed by atoms with E-state index in [1.54, 1.807) is 0 Å². The lowest BCUT2D eigenvalue weighted by Gasteiger charge is -2.46. The van der Waals surface area contributed by atoms with Crippen LogP contribution in [0.15, 0.2) is 30.6 Å². The molecule has 5 fully saturated rings. The summed E-state index contributed by atoms with van der Waals surface area (Å²) < 4.78 is 71.9. The molecule has 0 spiro atoms. The van der Waals surface area contributed by atoms with Gasteiger partial charge in [0, 0.05) is 61.6 Å². The van der Waals surface area contributed by atoms with E-state index in [4.69, 9.17) is 9.47 Å². The largest absolute Gasteiger partial charge is 0.490 e. The fraction of sp³-hybridized carbons (Fsp3) is 0.650. The third-order valence-corrected chi connectivity index (χ3v) is 12.9. The van der Waals surface area contributed by atoms with Crippen molar-refractivity contribution in [3.63, 3.8) is 0 Å². The van der Waals surface area contributed by atoms with Gasteiger partial charge in [0.15, 0.2) is 5.82 Å². The van der Waals surface area contributed by atoms with Gasteiger partial charge in [-0.25, -0.2) is 23.5 Å². The highest BCUT2D eigenvalue weighted by Crippen LogP contribution is 2.51. The van der Waals surface area contributed by atoms with Crippen LogP contribution in [0.4, 0.5) is 17.6 Å². The van der Waals surface area contributed by atoms with E-state index in [0.717, 1.165) is 68.5 Å². The maximum Gasteiger partial charge on any atom is 0.329 e. The lowest BCUT2D eigenvalue weighted by molar-refractivity contribution is -0.151. The van der Waals surface area contributed by atoms with Crippen molar-refractivity contribution >= 4 is 22.8 Å². The van der Waals surface area contributed by atoms with Crippen LogP contribution in [-0.4, -0.2) is 86.3 Å². The van der Waals surface area contributed by atoms with E-state index >= 15 is 8.78 Å². The molecule has 0 radical (unpaired) electrons. The second kappa shape index (κ2) is 14.1. The van der Waals surface area contributed by atoms with Crippen LogP contribution in [0, 0.1) is 17.8 Å². The van der Waals surface area contributed by atoms with Gasteiger partial charge in [0.05, 0.1) is 30.3 Å². The molecule has 3 saturated carbocycles. The number of hydrogen-bond donors (Lipinski definition) is 2. The van der Waals surface area contributed by atoms with Crippen LogP contribution in [0.2, 0.25) is 0 Å². The second-order valence-corrected chi connectivity index (χ2v) is 16.6. The molecule has 14 heteroatoms. The summed E-state index contributed by atoms with van der Waals surface area (Å²) in [6.07, 6.45) is 10.9. The lowest BCUT2D eigenvalue weighted by Crippen LogP contribution is -2.60. The first-order valence-electron chi connectivity index (χ1n) is 19.6. The first kappa shape index (κ1) is 37.2. The SMILES string of the molecule is CCC1CC2CC(C1)C(NC(=O)c1cnc(-c3cn(C4CCOCC4)c4cc(O[C@H]5CC[C@@H](N6CC(F)(F)C6)CC5)ccc34)nc1C(C)(F)F)(C(=O)O)C2. The molecular formula is C40H49F4N5O5. The molecule has 2 N–H and O–H groups in total. The van der Waals surface area contributed by atoms with E-state index in [2.05, 4.69) is 26.8 Å². The third kappa shape index (κ3) is 6.97. The number of carboxylic acids is 1. The molecule has 3 aromatic rings. The third-order valence-electron chi connectivity index (χ3n) is 12.9. The molecule has 1 amide bonds. The molecule has 5 aliphatic rings. The zero-order chi connectivity index (χ0) is 38.0. The van der Waals surface area contributed by atoms with E-state index in [-0.39, 0.29) is 55.4 Å². The molecule has 8 rings (SSSR count). The number of likely N-dealkylation sites (tertiary alicyclic amines) is 1. The van der Waals surface area contributed by atoms with Gasteiger partial charge < -0.3 is 24.5 Å². The van der Waals surface area contributed by atoms with Crippen molar-refractivity contribution in [1.82, 2.24) is 24.8 Å². The Balaban J connectivity index is 1.08. The van der Waals surface area contributed by atoms with Crippen molar-refractivity contribution in [1.29, 1.82) is 0 Å². The van der Waals surface area contributed by atoms with E-state index in [0.29, 0.717) is 50.2 Å². The van der Waals surface area contributed by atoms with Crippen molar-refractivity contribution < 1.29 is 41.7 Å². The average molecular weight is 756 g/mol. The number of amides is 1. The highest BCUT2D eigenvalue weighted by molar-refractivity contribution is 6.00. The van der Waals surface area contributed by atoms with Crippen LogP contribution in [0.3, 0.4) is 0 Å². The van der Waals surface area contributed by atoms with Gasteiger partial charge in [-0.1, -0.05) is 13.3 Å². The predicted molar refractivity (Wildman–Crippen MR) is 192 cm³/mol. The molecule has 4 atom stereocenters. The van der Waals surface area contributed by atoms with Crippen molar-refractivity contribution in [2.75, 3.05) is 26.3 Å². The number of fused-ring (bicyclic) bond motifs is 3. The van der Waals surface area contributed by atoms with Crippen molar-refractivity contribution in [3.8, 4) is 17.1 Å². The first-order chi connectivity index (χ1) is 25.7. The Bertz CT molecular complexity index is 1890. The Hall–Kier alpha value is -3.78. The molecule has 54 heavy (non-hydrogen) atoms. The zero-order valence-corrected chi connectivity index (χ0v) is 30.8. The number of nitrogens with one attached hydrogen (secondary N) is 1. The van der Waals surface area contributed by atoms with Gasteiger partial charge in [0.2, 0.25) is 0 Å². The molecule has 4 heterocycles. The number of benzene rings is 1. The smallest absolute Gasteiger partial charge is 0.329 e. The number of carbonyl (C=O) groups excluding carboxylic acids is 1. The predicted octanol–water partition coefficient (Wildman–Crippen LogP) is 7.60. The standard InChI is InChI=1S/C40H49F4N5O5/c1-3-23-14-24-16-25(15-23)40(18-24,37(51)52)47-36(50)31-19-45-35(46-34(31)38(2,41)42)32-20-49(27-10-12-53-13-11-27)33-17-29(8-9-30(32)33)54-28-6-4-26(5-7-28)48-21-39(43,44)22-48/h8-9,17,19-20,23-28H,3-7,10-16,18,21-22H2,1-2H3,(H,47,50)(H,51,52)/t23?,24?,25?,26-,28+,40?. The number of aliphatic carboxylic acids is 1. The highest BCUT2D eigenvalue weighted by atomic mass is 19.3. The minimum absolute atomic E-state index is 0.0258. The number of rotatable bonds is 10. The van der Waals surface area contributed by atoms with Gasteiger partial charge in [-0.05, 0) is 94.1 Å². The molecule has 1 aromatic carbocycles. The van der Waals surface area contributed by atoms with Crippen LogP contribution < -0.4 is 10.1 Å². The summed E-state index contributed by atoms with van der Waals surface area (Å²) >= 11 is 0. The van der Waals surface area contributed by atoms with Crippen LogP contribution in [0.25, 0.3) is 22.3 Å². The van der Waals surface area contributed by atoms with E-state index < -0.39 is 40.5 Å². The summed E-state index contributed by atoms with van der Waals surface area (Å²) in [4.78, 5) is 37.3. The van der Waals surface area contributed by atoms with Crippen LogP contribution in [0.1, 0.15) is 107 Å². The van der Waals surface area contributed by atoms with E-state index in [9.17, 15) is 23.5 Å². The highest BCUT2D eigenvalue weighted by Gasteiger charge is 2.57. The lowest BCUT2D eigenvalue weighted by atomic mass is 9.76. The molecule has 2 saturated heterocycles. The van der Waals surface area contributed by atoms with Crippen LogP contribution in [-0.2, 0) is 15.5 Å². The van der Waals surface area contributed by atoms with Gasteiger partial charge in [0.1, 0.15) is 17.0 Å². The summed E-state index contributed by atoms with van der Waals surface area (Å²) in [5, 5.41) is 13.9. The maximum atomic E-state index is 15.4. The molecule has 2 aliphatic heterocycles. The van der Waals surface area contributed by atoms with Gasteiger partial charge in [-0.2, -0.15) is 8.78 Å². The van der Waals surface area contributed by atoms with Crippen molar-refractivity contribution in [2.45, 2.75) is 120 Å². The van der Waals surface area contributed by atoms with Crippen LogP contribution in [0.5, 0.6) is 5.75 Å². The van der Waals surface area contributed by atoms with Gasteiger partial charge in [-0.15, -0.1) is 0 Å². The van der Waals surface area contributed by atoms with E-state index in [1.165, 1.54) is 0 Å². The summed E-state index contributed by atoms with van der Waals surface area (Å²) in [5.41, 5.74) is -1.40. The summed E-state index contributed by atoms with van der Waals surface area (Å²) in [5.74, 6) is -7.25. The number of alkyl halides is 4. The molecule has 2 bridgehead atoms. The Morgan fingerprint density at radius 2 is 1.80 bits per heavy atom. The normalized spacial score (nSPS) is 30.2. The molecule has 10 nitrogen and oxygen atoms in total. The minimum atomic E-state index is -3.53. The maximum absolute atomic E-state index is 15.4. The fourth-order valence-electron chi connectivity index (χ4n) is 10.1. The van der Waals surface area contributed by atoms with Crippen LogP contribution >= 0.6 is 0 Å². The Labute approximate surface area is 312 Å². The number of carbonyl (C=O) groups is 2. The molecule has 2 aromatic heterocycles. The molecular weight excluding hydrogens is 706 g/mol. The van der Waals surface area contributed by atoms with Crippen molar-refractivity contribution in [3.05, 3.63) is 41.9 Å². The first-order valence-corrected chi connectivity index (χ1v) is 19.6. The number of hydrogen-bond acceptors (Lipinski definition) is 7. The van der Waals surface area contributed by atoms with E-state index in [1.807, 2.05) is 29.3 Å². The quantitative estimate of drug-likeness (QED) is 0.203. The Morgan fingerprint density at radius 3 is 2.46 bits per heavy atom. The minimum Gasteiger partial charge on any atom is -0.490 e. The second-order valence-electron chi connectivity index (χ2n) is 16.6. The number of aromatic nitrogens is 3. The van der Waals surface area contributed by atoms with Gasteiger partial charge in [-0.3, -0.25) is 9.69 Å². The summed E-state index contributed by atoms with van der Waals surface area (Å²) in [6.45, 7) is 3.57. The van der Waals surface area contributed by atoms with Crippen molar-refractivity contribution in [2.24, 2.45) is 17.8 Å². The van der Waals surface area contributed by atoms with Gasteiger partial charge in [0.25, 0.3) is 17.8 Å². The monoisotopic (exact) mass is 755 g/mol. The Kier molecular flexibility index (Phi) is 9.68. The topological polar surface area (TPSA) is 119 Å². The molecule has 4 unspecified atom stereocenters. The van der Waals surface area contributed by atoms with Gasteiger partial charge >= 0.3 is 5.97 Å². The number of nitrogens with zero attached hydrogens (tertiary/aromatic N) is 4. The Morgan fingerprint density at radius 1 is 1.06 bits per heavy atom. The summed E-state index contributed by atoms with van der Waals surface area (Å²) in [6, 6.07) is 5.87. The average Bonchev–Trinajstić information content (AvgIpc) is 3.64.